The Kier molecular flexibility index (Phi) is 11.0. The van der Waals surface area contributed by atoms with Crippen molar-refractivity contribution in [2.75, 3.05) is 19.0 Å². The Balaban J connectivity index is 2.14. The van der Waals surface area contributed by atoms with E-state index in [0.717, 1.165) is 0 Å². The Morgan fingerprint density at radius 2 is 1.52 bits per heavy atom. The summed E-state index contributed by atoms with van der Waals surface area (Å²) >= 11 is 0. The number of nitrogens with one attached hydrogen (secondary N) is 3. The number of hydrogen-bond acceptors (Lipinski definition) is 7. The van der Waals surface area contributed by atoms with Gasteiger partial charge in [-0.1, -0.05) is 26.0 Å². The number of para-hydroxylation sites is 2. The standard InChI is InChI=1S/C25H25F4N3O8/c1-11(2)21(32-25(38)24(37)30-14-6-4-5-7-17(14)39-3)23(36)31-15(9-18(34)35)16(33)10-40-22-19(28)12(26)8-13(27)20(22)29/h4-8,11,15,21H,9-10H2,1-3H3,(H,30,37)(H,31,36)(H,32,38)(H,34,35). The van der Waals surface area contributed by atoms with Gasteiger partial charge in [-0.3, -0.25) is 24.0 Å². The molecule has 0 bridgehead atoms. The molecule has 216 valence electrons. The third kappa shape index (κ3) is 8.15. The fourth-order valence-electron chi connectivity index (χ4n) is 3.27. The number of carbonyl (C=O) groups is 5. The fraction of sp³-hybridized carbons (Fsp3) is 0.320. The maximum atomic E-state index is 13.8. The van der Waals surface area contributed by atoms with E-state index < -0.39 is 89.5 Å². The second-order valence-corrected chi connectivity index (χ2v) is 8.56. The predicted octanol–water partition coefficient (Wildman–Crippen LogP) is 1.94. The lowest BCUT2D eigenvalue weighted by Crippen LogP contribution is -2.56. The first kappa shape index (κ1) is 31.5. The Morgan fingerprint density at radius 3 is 2.08 bits per heavy atom. The summed E-state index contributed by atoms with van der Waals surface area (Å²) in [4.78, 5) is 61.6. The van der Waals surface area contributed by atoms with Crippen LogP contribution in [0.25, 0.3) is 0 Å². The molecule has 2 rings (SSSR count). The SMILES string of the molecule is COc1ccccc1NC(=O)C(=O)NC(C(=O)NC(CC(=O)O)C(=O)COc1c(F)c(F)cc(F)c1F)C(C)C. The van der Waals surface area contributed by atoms with E-state index in [1.54, 1.807) is 12.1 Å². The van der Waals surface area contributed by atoms with E-state index in [-0.39, 0.29) is 17.5 Å². The van der Waals surface area contributed by atoms with Crippen LogP contribution in [0.3, 0.4) is 0 Å². The molecule has 0 aliphatic heterocycles. The van der Waals surface area contributed by atoms with Gasteiger partial charge in [0.25, 0.3) is 0 Å². The minimum absolute atomic E-state index is 0.0796. The van der Waals surface area contributed by atoms with Crippen molar-refractivity contribution in [1.29, 1.82) is 0 Å². The van der Waals surface area contributed by atoms with Gasteiger partial charge in [0.2, 0.25) is 17.5 Å². The van der Waals surface area contributed by atoms with Crippen molar-refractivity contribution in [3.63, 3.8) is 0 Å². The molecule has 2 unspecified atom stereocenters. The summed E-state index contributed by atoms with van der Waals surface area (Å²) in [7, 11) is 1.34. The average Bonchev–Trinajstić information content (AvgIpc) is 2.89. The molecular formula is C25H25F4N3O8. The molecule has 11 nitrogen and oxygen atoms in total. The second kappa shape index (κ2) is 13.9. The van der Waals surface area contributed by atoms with Gasteiger partial charge in [0.05, 0.1) is 19.2 Å². The summed E-state index contributed by atoms with van der Waals surface area (Å²) in [6.07, 6.45) is -1.02. The van der Waals surface area contributed by atoms with E-state index in [0.29, 0.717) is 0 Å². The molecule has 0 heterocycles. The van der Waals surface area contributed by atoms with Crippen LogP contribution in [0.5, 0.6) is 11.5 Å². The quantitative estimate of drug-likeness (QED) is 0.171. The summed E-state index contributed by atoms with van der Waals surface area (Å²) in [6.45, 7) is 1.67. The molecule has 0 spiro atoms. The van der Waals surface area contributed by atoms with Gasteiger partial charge < -0.3 is 30.5 Å². The Bertz CT molecular complexity index is 1280. The first-order valence-corrected chi connectivity index (χ1v) is 11.5. The number of amides is 3. The van der Waals surface area contributed by atoms with Crippen LogP contribution in [0, 0.1) is 29.2 Å². The molecule has 0 aliphatic carbocycles. The topological polar surface area (TPSA) is 160 Å². The molecule has 2 atom stereocenters. The third-order valence-corrected chi connectivity index (χ3v) is 5.31. The van der Waals surface area contributed by atoms with Crippen LogP contribution in [0.1, 0.15) is 20.3 Å². The molecule has 15 heteroatoms. The number of benzene rings is 2. The number of ketones is 1. The van der Waals surface area contributed by atoms with Gasteiger partial charge in [-0.05, 0) is 18.1 Å². The van der Waals surface area contributed by atoms with E-state index in [1.165, 1.54) is 33.1 Å². The molecule has 0 saturated carbocycles. The lowest BCUT2D eigenvalue weighted by atomic mass is 10.0. The molecular weight excluding hydrogens is 546 g/mol. The molecule has 0 radical (unpaired) electrons. The summed E-state index contributed by atoms with van der Waals surface area (Å²) in [5.74, 6) is -15.8. The molecule has 4 N–H and O–H groups in total. The van der Waals surface area contributed by atoms with Gasteiger partial charge in [0.1, 0.15) is 24.4 Å². The van der Waals surface area contributed by atoms with Crippen LogP contribution >= 0.6 is 0 Å². The summed E-state index contributed by atoms with van der Waals surface area (Å²) in [6, 6.07) is 2.78. The minimum Gasteiger partial charge on any atom is -0.495 e. The summed E-state index contributed by atoms with van der Waals surface area (Å²) in [5, 5.41) is 15.7. The Morgan fingerprint density at radius 1 is 0.925 bits per heavy atom. The molecule has 2 aromatic carbocycles. The zero-order chi connectivity index (χ0) is 30.1. The molecule has 0 aliphatic rings. The van der Waals surface area contributed by atoms with E-state index in [2.05, 4.69) is 20.7 Å². The van der Waals surface area contributed by atoms with Gasteiger partial charge in [0, 0.05) is 6.07 Å². The molecule has 0 fully saturated rings. The zero-order valence-electron chi connectivity index (χ0n) is 21.3. The zero-order valence-corrected chi connectivity index (χ0v) is 21.3. The Labute approximate surface area is 224 Å². The number of anilines is 1. The van der Waals surface area contributed by atoms with Gasteiger partial charge in [0.15, 0.2) is 23.2 Å². The highest BCUT2D eigenvalue weighted by molar-refractivity contribution is 6.40. The van der Waals surface area contributed by atoms with Crippen LogP contribution < -0.4 is 25.4 Å². The number of aliphatic carboxylic acids is 1. The van der Waals surface area contributed by atoms with E-state index in [4.69, 9.17) is 9.84 Å². The minimum atomic E-state index is -1.93. The highest BCUT2D eigenvalue weighted by Crippen LogP contribution is 2.26. The van der Waals surface area contributed by atoms with Gasteiger partial charge in [-0.2, -0.15) is 8.78 Å². The van der Waals surface area contributed by atoms with E-state index in [1.807, 2.05) is 0 Å². The lowest BCUT2D eigenvalue weighted by Gasteiger charge is -2.24. The van der Waals surface area contributed by atoms with Crippen molar-refractivity contribution >= 4 is 35.2 Å². The molecule has 40 heavy (non-hydrogen) atoms. The highest BCUT2D eigenvalue weighted by atomic mass is 19.2. The number of carboxylic acid groups (broad SMARTS) is 1. The van der Waals surface area contributed by atoms with Crippen molar-refractivity contribution in [2.45, 2.75) is 32.4 Å². The fourth-order valence-corrected chi connectivity index (χ4v) is 3.27. The van der Waals surface area contributed by atoms with Crippen molar-refractivity contribution in [3.8, 4) is 11.5 Å². The molecule has 0 aromatic heterocycles. The molecule has 0 saturated heterocycles. The number of carbonyl (C=O) groups excluding carboxylic acids is 4. The normalized spacial score (nSPS) is 12.2. The number of Topliss-reactive ketones (excluding diaryl/α,β-unsaturated/α-hetero) is 1. The summed E-state index contributed by atoms with van der Waals surface area (Å²) < 4.78 is 64.0. The maximum Gasteiger partial charge on any atom is 0.313 e. The molecule has 2 aromatic rings. The van der Waals surface area contributed by atoms with Crippen molar-refractivity contribution in [2.24, 2.45) is 5.92 Å². The summed E-state index contributed by atoms with van der Waals surface area (Å²) in [5.41, 5.74) is 0.161. The number of rotatable bonds is 12. The van der Waals surface area contributed by atoms with Gasteiger partial charge in [-0.25, -0.2) is 8.78 Å². The van der Waals surface area contributed by atoms with Crippen LogP contribution in [-0.4, -0.2) is 60.4 Å². The number of methoxy groups -OCH3 is 1. The highest BCUT2D eigenvalue weighted by Gasteiger charge is 2.32. The first-order valence-electron chi connectivity index (χ1n) is 11.5. The number of ether oxygens (including phenoxy) is 2. The van der Waals surface area contributed by atoms with Gasteiger partial charge in [-0.15, -0.1) is 0 Å². The smallest absolute Gasteiger partial charge is 0.313 e. The van der Waals surface area contributed by atoms with Crippen molar-refractivity contribution in [3.05, 3.63) is 53.6 Å². The van der Waals surface area contributed by atoms with Crippen molar-refractivity contribution in [1.82, 2.24) is 10.6 Å². The van der Waals surface area contributed by atoms with Crippen LogP contribution in [0.15, 0.2) is 30.3 Å². The average molecular weight is 571 g/mol. The largest absolute Gasteiger partial charge is 0.495 e. The number of carboxylic acids is 1. The van der Waals surface area contributed by atoms with Gasteiger partial charge >= 0.3 is 17.8 Å². The number of hydrogen-bond donors (Lipinski definition) is 4. The predicted molar refractivity (Wildman–Crippen MR) is 129 cm³/mol. The van der Waals surface area contributed by atoms with Crippen LogP contribution in [-0.2, 0) is 24.0 Å². The van der Waals surface area contributed by atoms with E-state index >= 15 is 0 Å². The first-order chi connectivity index (χ1) is 18.8. The van der Waals surface area contributed by atoms with Crippen LogP contribution in [0.4, 0.5) is 23.2 Å². The second-order valence-electron chi connectivity index (χ2n) is 8.56. The van der Waals surface area contributed by atoms with Crippen molar-refractivity contribution < 1.29 is 56.1 Å². The Hall–Kier alpha value is -4.69. The monoisotopic (exact) mass is 571 g/mol. The van der Waals surface area contributed by atoms with E-state index in [9.17, 15) is 41.5 Å². The third-order valence-electron chi connectivity index (χ3n) is 5.31. The lowest BCUT2D eigenvalue weighted by molar-refractivity contribution is -0.141. The van der Waals surface area contributed by atoms with Crippen LogP contribution in [0.2, 0.25) is 0 Å². The molecule has 3 amide bonds. The number of halogens is 4. The maximum absolute atomic E-state index is 13.8.